The minimum absolute atomic E-state index is 0.198. The van der Waals surface area contributed by atoms with Crippen molar-refractivity contribution in [1.29, 1.82) is 0 Å². The highest BCUT2D eigenvalue weighted by Gasteiger charge is 2.14. The topological polar surface area (TPSA) is 105 Å². The first-order chi connectivity index (χ1) is 14.8. The fourth-order valence-corrected chi connectivity index (χ4v) is 3.07. The van der Waals surface area contributed by atoms with Crippen molar-refractivity contribution in [3.05, 3.63) is 88.4 Å². The van der Waals surface area contributed by atoms with Crippen LogP contribution in [0.4, 0.5) is 10.5 Å². The Kier molecular flexibility index (Phi) is 8.96. The summed E-state index contributed by atoms with van der Waals surface area (Å²) in [5.74, 6) is -0.549. The predicted molar refractivity (Wildman–Crippen MR) is 129 cm³/mol. The number of nitrogens with one attached hydrogen (secondary N) is 1. The number of benzene rings is 3. The van der Waals surface area contributed by atoms with Crippen LogP contribution in [0.15, 0.2) is 82.3 Å². The molecule has 3 aromatic carbocycles. The third-order valence-electron chi connectivity index (χ3n) is 3.95. The Labute approximate surface area is 190 Å². The van der Waals surface area contributed by atoms with Crippen molar-refractivity contribution in [3.63, 3.8) is 0 Å². The third-order valence-corrected chi connectivity index (χ3v) is 4.45. The number of amides is 2. The maximum absolute atomic E-state index is 12.7. The van der Waals surface area contributed by atoms with Gasteiger partial charge in [0.05, 0.1) is 5.69 Å². The predicted octanol–water partition coefficient (Wildman–Crippen LogP) is 6.17. The molecule has 0 unspecified atom stereocenters. The summed E-state index contributed by atoms with van der Waals surface area (Å²) < 4.78 is 0.769. The summed E-state index contributed by atoms with van der Waals surface area (Å²) in [6.45, 7) is 4.25. The molecular weight excluding hydrogens is 458 g/mol. The first-order valence-electron chi connectivity index (χ1n) is 9.69. The van der Waals surface area contributed by atoms with E-state index in [-0.39, 0.29) is 11.7 Å². The Bertz CT molecular complexity index is 1080. The summed E-state index contributed by atoms with van der Waals surface area (Å²) in [6.07, 6.45) is -0.158. The number of nitrogens with zero attached hydrogens (tertiary/aromatic N) is 1. The van der Waals surface area contributed by atoms with E-state index in [1.54, 1.807) is 36.4 Å². The monoisotopic (exact) mass is 481 g/mol. The Morgan fingerprint density at radius 2 is 1.65 bits per heavy atom. The molecule has 3 rings (SSSR count). The van der Waals surface area contributed by atoms with Gasteiger partial charge in [-0.05, 0) is 41.5 Å². The summed E-state index contributed by atoms with van der Waals surface area (Å²) in [6, 6.07) is 21.7. The van der Waals surface area contributed by atoms with Crippen LogP contribution < -0.4 is 11.1 Å². The van der Waals surface area contributed by atoms with Gasteiger partial charge in [0.25, 0.3) is 5.91 Å². The second-order valence-electron chi connectivity index (χ2n) is 6.58. The van der Waals surface area contributed by atoms with Gasteiger partial charge < -0.3 is 16.2 Å². The van der Waals surface area contributed by atoms with Gasteiger partial charge in [-0.25, -0.2) is 4.79 Å². The van der Waals surface area contributed by atoms with Crippen LogP contribution in [0.3, 0.4) is 0 Å². The summed E-state index contributed by atoms with van der Waals surface area (Å²) in [7, 11) is 0. The largest absolute Gasteiger partial charge is 0.463 e. The first kappa shape index (κ1) is 23.8. The van der Waals surface area contributed by atoms with Crippen LogP contribution in [0.2, 0.25) is 0 Å². The highest BCUT2D eigenvalue weighted by atomic mass is 79.9. The van der Waals surface area contributed by atoms with Gasteiger partial charge in [-0.3, -0.25) is 4.79 Å². The van der Waals surface area contributed by atoms with Gasteiger partial charge in [0.2, 0.25) is 0 Å². The molecule has 0 fully saturated rings. The van der Waals surface area contributed by atoms with Crippen LogP contribution in [-0.4, -0.2) is 22.9 Å². The molecule has 2 amide bonds. The second-order valence-corrected chi connectivity index (χ2v) is 7.49. The molecule has 160 valence electrons. The maximum Gasteiger partial charge on any atom is 0.433 e. The Morgan fingerprint density at radius 1 is 0.968 bits per heavy atom. The number of rotatable bonds is 4. The maximum atomic E-state index is 12.7. The lowest BCUT2D eigenvalue weighted by molar-refractivity contribution is 0.102. The number of amidine groups is 1. The minimum atomic E-state index is -1.41. The van der Waals surface area contributed by atoms with Gasteiger partial charge in [0.1, 0.15) is 5.84 Å². The molecule has 3 aromatic rings. The summed E-state index contributed by atoms with van der Waals surface area (Å²) >= 11 is 3.34. The fourth-order valence-electron chi connectivity index (χ4n) is 2.67. The van der Waals surface area contributed by atoms with Crippen molar-refractivity contribution in [2.45, 2.75) is 20.3 Å². The molecule has 0 heterocycles. The van der Waals surface area contributed by atoms with Crippen molar-refractivity contribution in [3.8, 4) is 11.1 Å². The SMILES string of the molecule is CCC.N/C(=N\C(=O)O)c1ccc(-c2ccccc2)cc1NC(=O)c1cccc(Br)c1. The lowest BCUT2D eigenvalue weighted by atomic mass is 10.0. The van der Waals surface area contributed by atoms with Crippen LogP contribution >= 0.6 is 15.9 Å². The zero-order valence-corrected chi connectivity index (χ0v) is 18.9. The van der Waals surface area contributed by atoms with Crippen molar-refractivity contribution in [2.75, 3.05) is 5.32 Å². The molecular formula is C24H24BrN3O3. The minimum Gasteiger partial charge on any atom is -0.463 e. The standard InChI is InChI=1S/C21H16BrN3O3.C3H8/c22-16-8-4-7-15(11-16)20(26)24-18-12-14(13-5-2-1-3-6-13)9-10-17(18)19(23)25-21(27)28;1-3-2/h1-12H,(H2,23,25)(H,24,26)(H,27,28);3H2,1-2H3. The van der Waals surface area contributed by atoms with Gasteiger partial charge in [0, 0.05) is 15.6 Å². The van der Waals surface area contributed by atoms with E-state index in [2.05, 4.69) is 40.1 Å². The van der Waals surface area contributed by atoms with E-state index in [9.17, 15) is 9.59 Å². The van der Waals surface area contributed by atoms with Gasteiger partial charge >= 0.3 is 6.09 Å². The molecule has 6 nitrogen and oxygen atoms in total. The molecule has 0 bridgehead atoms. The number of anilines is 1. The van der Waals surface area contributed by atoms with Gasteiger partial charge in [-0.2, -0.15) is 4.99 Å². The number of hydrogen-bond donors (Lipinski definition) is 3. The summed E-state index contributed by atoms with van der Waals surface area (Å²) in [5, 5.41) is 11.7. The molecule has 7 heteroatoms. The molecule has 0 aromatic heterocycles. The van der Waals surface area contributed by atoms with Gasteiger partial charge in [-0.1, -0.05) is 78.7 Å². The molecule has 31 heavy (non-hydrogen) atoms. The summed E-state index contributed by atoms with van der Waals surface area (Å²) in [4.78, 5) is 26.9. The Balaban J connectivity index is 0.00000107. The molecule has 0 aliphatic heterocycles. The first-order valence-corrected chi connectivity index (χ1v) is 10.5. The smallest absolute Gasteiger partial charge is 0.433 e. The van der Waals surface area contributed by atoms with Gasteiger partial charge in [0.15, 0.2) is 0 Å². The van der Waals surface area contributed by atoms with Crippen LogP contribution in [0.1, 0.15) is 36.2 Å². The highest BCUT2D eigenvalue weighted by molar-refractivity contribution is 9.10. The van der Waals surface area contributed by atoms with E-state index in [1.807, 2.05) is 36.4 Å². The van der Waals surface area contributed by atoms with Crippen molar-refractivity contribution >= 4 is 39.5 Å². The van der Waals surface area contributed by atoms with E-state index in [1.165, 1.54) is 6.42 Å². The molecule has 0 saturated heterocycles. The molecule has 0 saturated carbocycles. The number of halogens is 1. The lowest BCUT2D eigenvalue weighted by Gasteiger charge is -2.13. The third kappa shape index (κ3) is 7.08. The van der Waals surface area contributed by atoms with E-state index >= 15 is 0 Å². The average Bonchev–Trinajstić information content (AvgIpc) is 2.74. The zero-order chi connectivity index (χ0) is 22.8. The van der Waals surface area contributed by atoms with E-state index in [0.717, 1.165) is 15.6 Å². The quantitative estimate of drug-likeness (QED) is 0.306. The van der Waals surface area contributed by atoms with E-state index < -0.39 is 6.09 Å². The number of carbonyl (C=O) groups excluding carboxylic acids is 1. The van der Waals surface area contributed by atoms with Crippen LogP contribution in [-0.2, 0) is 0 Å². The molecule has 4 N–H and O–H groups in total. The van der Waals surface area contributed by atoms with E-state index in [0.29, 0.717) is 16.8 Å². The number of hydrogen-bond acceptors (Lipinski definition) is 2. The second kappa shape index (κ2) is 11.7. The lowest BCUT2D eigenvalue weighted by Crippen LogP contribution is -2.20. The van der Waals surface area contributed by atoms with Crippen LogP contribution in [0, 0.1) is 0 Å². The summed E-state index contributed by atoms with van der Waals surface area (Å²) in [5.41, 5.74) is 8.76. The van der Waals surface area contributed by atoms with Crippen LogP contribution in [0.25, 0.3) is 11.1 Å². The molecule has 0 atom stereocenters. The molecule has 0 spiro atoms. The molecule has 0 radical (unpaired) electrons. The number of aliphatic imine (C=N–C) groups is 1. The van der Waals surface area contributed by atoms with Gasteiger partial charge in [-0.15, -0.1) is 0 Å². The normalized spacial score (nSPS) is 10.6. The van der Waals surface area contributed by atoms with Crippen LogP contribution in [0.5, 0.6) is 0 Å². The van der Waals surface area contributed by atoms with E-state index in [4.69, 9.17) is 10.8 Å². The van der Waals surface area contributed by atoms with Crippen molar-refractivity contribution in [1.82, 2.24) is 0 Å². The average molecular weight is 482 g/mol. The van der Waals surface area contributed by atoms with Crippen molar-refractivity contribution < 1.29 is 14.7 Å². The molecule has 0 aliphatic carbocycles. The zero-order valence-electron chi connectivity index (χ0n) is 17.3. The number of carbonyl (C=O) groups is 2. The number of carboxylic acid groups (broad SMARTS) is 1. The number of nitrogens with two attached hydrogens (primary N) is 1. The molecule has 0 aliphatic rings. The Morgan fingerprint density at radius 3 is 2.26 bits per heavy atom. The van der Waals surface area contributed by atoms with Crippen molar-refractivity contribution in [2.24, 2.45) is 10.7 Å². The Hall–Kier alpha value is -3.45. The highest BCUT2D eigenvalue weighted by Crippen LogP contribution is 2.26. The fraction of sp³-hybridized carbons (Fsp3) is 0.125.